The lowest BCUT2D eigenvalue weighted by Gasteiger charge is -2.33. The fourth-order valence-corrected chi connectivity index (χ4v) is 1.79. The molecule has 19 heavy (non-hydrogen) atoms. The molecule has 1 heterocycles. The Bertz CT molecular complexity index is 372. The summed E-state index contributed by atoms with van der Waals surface area (Å²) >= 11 is 0. The summed E-state index contributed by atoms with van der Waals surface area (Å²) in [6, 6.07) is 0. The van der Waals surface area contributed by atoms with E-state index in [1.807, 2.05) is 0 Å². The number of hydrogen-bond donors (Lipinski definition) is 1. The van der Waals surface area contributed by atoms with Crippen molar-refractivity contribution in [3.8, 4) is 0 Å². The van der Waals surface area contributed by atoms with Crippen molar-refractivity contribution in [2.24, 2.45) is 0 Å². The van der Waals surface area contributed by atoms with E-state index in [0.29, 0.717) is 39.1 Å². The molecular weight excluding hydrogens is 252 g/mol. The normalized spacial score (nSPS) is 16.6. The zero-order chi connectivity index (χ0) is 14.3. The molecular formula is C12H18N2O5. The minimum Gasteiger partial charge on any atom is -0.478 e. The fourth-order valence-electron chi connectivity index (χ4n) is 1.79. The Labute approximate surface area is 111 Å². The largest absolute Gasteiger partial charge is 0.478 e. The number of nitrogens with zero attached hydrogens (tertiary/aromatic N) is 2. The van der Waals surface area contributed by atoms with Gasteiger partial charge >= 0.3 is 11.9 Å². The molecule has 0 unspecified atom stereocenters. The fraction of sp³-hybridized carbons (Fsp3) is 0.583. The number of hydrogen-bond acceptors (Lipinski definition) is 5. The molecule has 0 aliphatic carbocycles. The van der Waals surface area contributed by atoms with E-state index < -0.39 is 5.97 Å². The van der Waals surface area contributed by atoms with Crippen LogP contribution in [0.15, 0.2) is 12.2 Å². The molecule has 1 aliphatic heterocycles. The molecule has 0 aromatic heterocycles. The Morgan fingerprint density at radius 2 is 1.79 bits per heavy atom. The van der Waals surface area contributed by atoms with Crippen molar-refractivity contribution in [2.75, 3.05) is 39.8 Å². The van der Waals surface area contributed by atoms with Gasteiger partial charge in [-0.3, -0.25) is 14.5 Å². The number of carbonyl (C=O) groups excluding carboxylic acids is 2. The molecule has 0 spiro atoms. The number of carbonyl (C=O) groups is 3. The van der Waals surface area contributed by atoms with Crippen molar-refractivity contribution < 1.29 is 24.2 Å². The number of piperazine rings is 1. The van der Waals surface area contributed by atoms with Gasteiger partial charge in [0.15, 0.2) is 0 Å². The average Bonchev–Trinajstić information content (AvgIpc) is 2.42. The van der Waals surface area contributed by atoms with Crippen LogP contribution < -0.4 is 0 Å². The standard InChI is InChI=1S/C12H18N2O5/c1-19-12(18)4-5-13-6-8-14(9-7-13)10(15)2-3-11(16)17/h2-3H,4-9H2,1H3,(H,16,17)/b3-2+. The molecule has 7 heteroatoms. The van der Waals surface area contributed by atoms with Crippen molar-refractivity contribution in [3.63, 3.8) is 0 Å². The zero-order valence-electron chi connectivity index (χ0n) is 10.9. The van der Waals surface area contributed by atoms with Gasteiger partial charge in [-0.2, -0.15) is 0 Å². The van der Waals surface area contributed by atoms with Crippen molar-refractivity contribution in [3.05, 3.63) is 12.2 Å². The van der Waals surface area contributed by atoms with Crippen molar-refractivity contribution in [2.45, 2.75) is 6.42 Å². The topological polar surface area (TPSA) is 87.2 Å². The van der Waals surface area contributed by atoms with E-state index >= 15 is 0 Å². The predicted molar refractivity (Wildman–Crippen MR) is 66.4 cm³/mol. The first-order chi connectivity index (χ1) is 9.02. The molecule has 7 nitrogen and oxygen atoms in total. The number of rotatable bonds is 5. The molecule has 1 N–H and O–H groups in total. The smallest absolute Gasteiger partial charge is 0.328 e. The molecule has 1 rings (SSSR count). The minimum atomic E-state index is -1.13. The molecule has 0 radical (unpaired) electrons. The molecule has 1 amide bonds. The van der Waals surface area contributed by atoms with E-state index in [4.69, 9.17) is 5.11 Å². The number of carboxylic acids is 1. The van der Waals surface area contributed by atoms with Gasteiger partial charge in [0.2, 0.25) is 5.91 Å². The van der Waals surface area contributed by atoms with Crippen molar-refractivity contribution in [1.29, 1.82) is 0 Å². The number of esters is 1. The third kappa shape index (κ3) is 5.52. The minimum absolute atomic E-state index is 0.247. The highest BCUT2D eigenvalue weighted by molar-refractivity contribution is 5.93. The molecule has 0 bridgehead atoms. The van der Waals surface area contributed by atoms with Gasteiger partial charge < -0.3 is 14.7 Å². The molecule has 0 saturated carbocycles. The zero-order valence-corrected chi connectivity index (χ0v) is 10.9. The Hall–Kier alpha value is -1.89. The van der Waals surface area contributed by atoms with E-state index in [2.05, 4.69) is 9.64 Å². The molecule has 1 fully saturated rings. The lowest BCUT2D eigenvalue weighted by molar-refractivity contribution is -0.141. The van der Waals surface area contributed by atoms with Gasteiger partial charge in [0.1, 0.15) is 0 Å². The van der Waals surface area contributed by atoms with Crippen molar-refractivity contribution >= 4 is 17.8 Å². The molecule has 106 valence electrons. The second-order valence-electron chi connectivity index (χ2n) is 4.16. The summed E-state index contributed by atoms with van der Waals surface area (Å²) in [6.07, 6.45) is 2.24. The maximum atomic E-state index is 11.6. The first-order valence-corrected chi connectivity index (χ1v) is 6.02. The highest BCUT2D eigenvalue weighted by atomic mass is 16.5. The van der Waals surface area contributed by atoms with E-state index in [0.717, 1.165) is 12.2 Å². The maximum absolute atomic E-state index is 11.6. The Morgan fingerprint density at radius 1 is 1.16 bits per heavy atom. The first kappa shape index (κ1) is 15.2. The van der Waals surface area contributed by atoms with Gasteiger partial charge in [-0.05, 0) is 0 Å². The van der Waals surface area contributed by atoms with E-state index in [1.54, 1.807) is 4.90 Å². The predicted octanol–water partition coefficient (Wildman–Crippen LogP) is -0.665. The van der Waals surface area contributed by atoms with E-state index in [1.165, 1.54) is 7.11 Å². The summed E-state index contributed by atoms with van der Waals surface area (Å²) in [5, 5.41) is 8.44. The number of methoxy groups -OCH3 is 1. The van der Waals surface area contributed by atoms with E-state index in [-0.39, 0.29) is 11.9 Å². The van der Waals surface area contributed by atoms with Crippen LogP contribution >= 0.6 is 0 Å². The molecule has 0 aromatic carbocycles. The SMILES string of the molecule is COC(=O)CCN1CCN(C(=O)/C=C/C(=O)O)CC1. The van der Waals surface area contributed by atoms with Gasteiger partial charge in [-0.25, -0.2) is 4.79 Å². The Balaban J connectivity index is 2.30. The first-order valence-electron chi connectivity index (χ1n) is 6.02. The van der Waals surface area contributed by atoms with Crippen LogP contribution in [0.25, 0.3) is 0 Å². The lowest BCUT2D eigenvalue weighted by atomic mass is 10.2. The summed E-state index contributed by atoms with van der Waals surface area (Å²) in [6.45, 7) is 3.01. The summed E-state index contributed by atoms with van der Waals surface area (Å²) < 4.78 is 4.56. The van der Waals surface area contributed by atoms with Crippen LogP contribution in [-0.4, -0.2) is 72.6 Å². The van der Waals surface area contributed by atoms with Crippen LogP contribution in [0.2, 0.25) is 0 Å². The molecule has 0 atom stereocenters. The number of amides is 1. The van der Waals surface area contributed by atoms with Crippen LogP contribution in [0, 0.1) is 0 Å². The van der Waals surface area contributed by atoms with Crippen LogP contribution in [-0.2, 0) is 19.1 Å². The maximum Gasteiger partial charge on any atom is 0.328 e. The Kier molecular flexibility index (Phi) is 6.01. The van der Waals surface area contributed by atoms with Gasteiger partial charge in [0.05, 0.1) is 13.5 Å². The Morgan fingerprint density at radius 3 is 2.32 bits per heavy atom. The van der Waals surface area contributed by atoms with Crippen LogP contribution in [0.3, 0.4) is 0 Å². The quantitative estimate of drug-likeness (QED) is 0.527. The molecule has 0 aromatic rings. The second kappa shape index (κ2) is 7.52. The van der Waals surface area contributed by atoms with Crippen molar-refractivity contribution in [1.82, 2.24) is 9.80 Å². The average molecular weight is 270 g/mol. The number of ether oxygens (including phenoxy) is 1. The monoisotopic (exact) mass is 270 g/mol. The second-order valence-corrected chi connectivity index (χ2v) is 4.16. The number of aliphatic carboxylic acids is 1. The lowest BCUT2D eigenvalue weighted by Crippen LogP contribution is -2.48. The van der Waals surface area contributed by atoms with E-state index in [9.17, 15) is 14.4 Å². The van der Waals surface area contributed by atoms with Crippen LogP contribution in [0.4, 0.5) is 0 Å². The van der Waals surface area contributed by atoms with Gasteiger partial charge in [0.25, 0.3) is 0 Å². The van der Waals surface area contributed by atoms with Crippen LogP contribution in [0.1, 0.15) is 6.42 Å². The summed E-state index contributed by atoms with van der Waals surface area (Å²) in [5.74, 6) is -1.68. The molecule has 1 saturated heterocycles. The molecule has 1 aliphatic rings. The highest BCUT2D eigenvalue weighted by Gasteiger charge is 2.20. The van der Waals surface area contributed by atoms with Crippen LogP contribution in [0.5, 0.6) is 0 Å². The van der Waals surface area contributed by atoms with Gasteiger partial charge in [-0.15, -0.1) is 0 Å². The third-order valence-corrected chi connectivity index (χ3v) is 2.91. The van der Waals surface area contributed by atoms with Gasteiger partial charge in [0, 0.05) is 44.9 Å². The highest BCUT2D eigenvalue weighted by Crippen LogP contribution is 2.04. The van der Waals surface area contributed by atoms with Gasteiger partial charge in [-0.1, -0.05) is 0 Å². The summed E-state index contributed by atoms with van der Waals surface area (Å²) in [4.78, 5) is 36.6. The number of carboxylic acid groups (broad SMARTS) is 1. The third-order valence-electron chi connectivity index (χ3n) is 2.91. The summed E-state index contributed by atoms with van der Waals surface area (Å²) in [7, 11) is 1.35. The summed E-state index contributed by atoms with van der Waals surface area (Å²) in [5.41, 5.74) is 0.